The number of ether oxygens (including phenoxy) is 1. The fourth-order valence-corrected chi connectivity index (χ4v) is 3.74. The second-order valence-electron chi connectivity index (χ2n) is 9.37. The quantitative estimate of drug-likeness (QED) is 0.441. The second-order valence-corrected chi connectivity index (χ2v) is 9.74. The molecular formula is C23H35N3O5S. The summed E-state index contributed by atoms with van der Waals surface area (Å²) in [6, 6.07) is 4.12. The zero-order valence-electron chi connectivity index (χ0n) is 19.4. The third-order valence-corrected chi connectivity index (χ3v) is 5.40. The van der Waals surface area contributed by atoms with E-state index in [2.05, 4.69) is 23.3 Å². The summed E-state index contributed by atoms with van der Waals surface area (Å²) in [6.07, 6.45) is 1.72. The topological polar surface area (TPSA) is 108 Å². The van der Waals surface area contributed by atoms with E-state index in [-0.39, 0.29) is 29.5 Å². The number of thiol groups is 1. The Labute approximate surface area is 195 Å². The molecule has 2 unspecified atom stereocenters. The number of nitrogens with one attached hydrogen (secondary N) is 2. The van der Waals surface area contributed by atoms with E-state index in [9.17, 15) is 19.5 Å². The van der Waals surface area contributed by atoms with Crippen molar-refractivity contribution in [3.63, 3.8) is 0 Å². The van der Waals surface area contributed by atoms with Crippen LogP contribution < -0.4 is 10.6 Å². The number of carbonyl (C=O) groups excluding carboxylic acids is 3. The normalized spacial score (nSPS) is 16.0. The van der Waals surface area contributed by atoms with Crippen molar-refractivity contribution in [1.82, 2.24) is 15.5 Å². The van der Waals surface area contributed by atoms with Gasteiger partial charge >= 0.3 is 6.09 Å². The highest BCUT2D eigenvalue weighted by Gasteiger charge is 2.41. The van der Waals surface area contributed by atoms with E-state index in [0.29, 0.717) is 5.56 Å². The van der Waals surface area contributed by atoms with E-state index >= 15 is 0 Å². The predicted molar refractivity (Wildman–Crippen MR) is 126 cm³/mol. The van der Waals surface area contributed by atoms with Gasteiger partial charge in [0.05, 0.1) is 0 Å². The Morgan fingerprint density at radius 3 is 2.34 bits per heavy atom. The number of amides is 3. The molecule has 0 radical (unpaired) electrons. The van der Waals surface area contributed by atoms with Crippen LogP contribution in [0.5, 0.6) is 5.75 Å². The smallest absolute Gasteiger partial charge is 0.408 e. The molecule has 0 aromatic heterocycles. The summed E-state index contributed by atoms with van der Waals surface area (Å²) < 4.78 is 5.29. The van der Waals surface area contributed by atoms with Gasteiger partial charge in [-0.3, -0.25) is 9.59 Å². The number of hydrogen-bond acceptors (Lipinski definition) is 6. The van der Waals surface area contributed by atoms with Crippen LogP contribution in [0.15, 0.2) is 24.3 Å². The van der Waals surface area contributed by atoms with Gasteiger partial charge in [-0.15, -0.1) is 0 Å². The zero-order chi connectivity index (χ0) is 24.1. The molecule has 1 aromatic rings. The highest BCUT2D eigenvalue weighted by molar-refractivity contribution is 7.80. The van der Waals surface area contributed by atoms with E-state index in [4.69, 9.17) is 4.74 Å². The third-order valence-electron chi connectivity index (χ3n) is 5.04. The van der Waals surface area contributed by atoms with Gasteiger partial charge in [-0.25, -0.2) is 4.79 Å². The van der Waals surface area contributed by atoms with Gasteiger partial charge in [-0.1, -0.05) is 12.1 Å². The maximum Gasteiger partial charge on any atom is 0.408 e. The lowest BCUT2D eigenvalue weighted by atomic mass is 9.88. The molecule has 32 heavy (non-hydrogen) atoms. The van der Waals surface area contributed by atoms with Crippen LogP contribution in [-0.4, -0.2) is 57.4 Å². The Hall–Kier alpha value is -2.42. The van der Waals surface area contributed by atoms with Gasteiger partial charge < -0.3 is 25.4 Å². The Kier molecular flexibility index (Phi) is 8.83. The van der Waals surface area contributed by atoms with Crippen molar-refractivity contribution in [2.45, 2.75) is 83.6 Å². The maximum atomic E-state index is 13.7. The number of benzene rings is 1. The summed E-state index contributed by atoms with van der Waals surface area (Å²) in [7, 11) is 0. The van der Waals surface area contributed by atoms with Gasteiger partial charge in [0.15, 0.2) is 0 Å². The van der Waals surface area contributed by atoms with Crippen molar-refractivity contribution in [3.05, 3.63) is 29.8 Å². The van der Waals surface area contributed by atoms with Crippen molar-refractivity contribution >= 4 is 30.5 Å². The summed E-state index contributed by atoms with van der Waals surface area (Å²) in [5.41, 5.74) is -0.220. The van der Waals surface area contributed by atoms with Crippen LogP contribution in [0.4, 0.5) is 4.79 Å². The first-order valence-corrected chi connectivity index (χ1v) is 11.6. The molecule has 2 rings (SSSR count). The van der Waals surface area contributed by atoms with Crippen LogP contribution in [0.2, 0.25) is 0 Å². The van der Waals surface area contributed by atoms with Crippen LogP contribution >= 0.6 is 12.6 Å². The lowest BCUT2D eigenvalue weighted by Gasteiger charge is -2.43. The largest absolute Gasteiger partial charge is 0.508 e. The van der Waals surface area contributed by atoms with Crippen LogP contribution in [-0.2, 0) is 14.3 Å². The molecule has 1 aliphatic rings. The first-order valence-electron chi connectivity index (χ1n) is 10.9. The van der Waals surface area contributed by atoms with E-state index in [1.165, 1.54) is 17.0 Å². The summed E-state index contributed by atoms with van der Waals surface area (Å²) >= 11 is 4.27. The van der Waals surface area contributed by atoms with Crippen LogP contribution in [0.3, 0.4) is 0 Å². The minimum atomic E-state index is -0.972. The molecule has 0 saturated heterocycles. The summed E-state index contributed by atoms with van der Waals surface area (Å²) in [4.78, 5) is 40.8. The van der Waals surface area contributed by atoms with E-state index in [1.54, 1.807) is 32.9 Å². The molecule has 1 aromatic carbocycles. The molecule has 1 fully saturated rings. The molecule has 2 atom stereocenters. The zero-order valence-corrected chi connectivity index (χ0v) is 20.3. The second kappa shape index (κ2) is 10.9. The lowest BCUT2D eigenvalue weighted by Crippen LogP contribution is -2.58. The predicted octanol–water partition coefficient (Wildman–Crippen LogP) is 3.16. The minimum absolute atomic E-state index is 0.00322. The van der Waals surface area contributed by atoms with Crippen molar-refractivity contribution in [1.29, 1.82) is 0 Å². The molecule has 178 valence electrons. The van der Waals surface area contributed by atoms with Gasteiger partial charge in [0.25, 0.3) is 0 Å². The molecule has 1 aliphatic carbocycles. The molecule has 0 aliphatic heterocycles. The summed E-state index contributed by atoms with van der Waals surface area (Å²) in [5, 5.41) is 15.5. The Morgan fingerprint density at radius 2 is 1.88 bits per heavy atom. The fraction of sp³-hybridized carbons (Fsp3) is 0.609. The van der Waals surface area contributed by atoms with Crippen LogP contribution in [0, 0.1) is 0 Å². The molecule has 0 heterocycles. The van der Waals surface area contributed by atoms with Crippen molar-refractivity contribution in [3.8, 4) is 5.75 Å². The van der Waals surface area contributed by atoms with Crippen LogP contribution in [0.1, 0.15) is 65.5 Å². The van der Waals surface area contributed by atoms with Gasteiger partial charge in [0.1, 0.15) is 23.4 Å². The Morgan fingerprint density at radius 1 is 1.22 bits per heavy atom. The van der Waals surface area contributed by atoms with Crippen LogP contribution in [0.25, 0.3) is 0 Å². The van der Waals surface area contributed by atoms with Crippen molar-refractivity contribution in [2.75, 3.05) is 5.75 Å². The highest BCUT2D eigenvalue weighted by atomic mass is 32.1. The first kappa shape index (κ1) is 25.8. The monoisotopic (exact) mass is 465 g/mol. The number of alkyl carbamates (subject to hydrolysis) is 1. The molecule has 9 heteroatoms. The average molecular weight is 466 g/mol. The Bertz CT molecular complexity index is 820. The van der Waals surface area contributed by atoms with Gasteiger partial charge in [0, 0.05) is 17.8 Å². The molecule has 3 amide bonds. The minimum Gasteiger partial charge on any atom is -0.508 e. The molecule has 0 bridgehead atoms. The average Bonchev–Trinajstić information content (AvgIpc) is 2.61. The van der Waals surface area contributed by atoms with Gasteiger partial charge in [-0.05, 0) is 71.6 Å². The van der Waals surface area contributed by atoms with Crippen molar-refractivity contribution in [2.24, 2.45) is 0 Å². The number of carbonyl (C=O) groups is 3. The van der Waals surface area contributed by atoms with Gasteiger partial charge in [0.2, 0.25) is 11.8 Å². The Balaban J connectivity index is 2.41. The standard InChI is InChI=1S/C23H35N3O5S/c1-14(2)24-20(28)19(15-8-6-11-17(27)12-15)26(16-9-7-10-16)21(29)18(13-32)25-22(30)31-23(3,4)5/h6,8,11-12,14,16,18-19,27,32H,7,9-10,13H2,1-5H3,(H,24,28)(H,25,30). The molecule has 3 N–H and O–H groups in total. The molecule has 8 nitrogen and oxygen atoms in total. The highest BCUT2D eigenvalue weighted by Crippen LogP contribution is 2.34. The van der Waals surface area contributed by atoms with E-state index < -0.39 is 29.7 Å². The number of phenols is 1. The van der Waals surface area contributed by atoms with Crippen molar-refractivity contribution < 1.29 is 24.2 Å². The molecule has 1 saturated carbocycles. The molecule has 0 spiro atoms. The number of rotatable bonds is 8. The number of nitrogens with zero attached hydrogens (tertiary/aromatic N) is 1. The van der Waals surface area contributed by atoms with Gasteiger partial charge in [-0.2, -0.15) is 12.6 Å². The third kappa shape index (κ3) is 7.05. The fourth-order valence-electron chi connectivity index (χ4n) is 3.49. The first-order chi connectivity index (χ1) is 14.9. The molecular weight excluding hydrogens is 430 g/mol. The maximum absolute atomic E-state index is 13.7. The number of hydrogen-bond donors (Lipinski definition) is 4. The lowest BCUT2D eigenvalue weighted by molar-refractivity contribution is -0.147. The summed E-state index contributed by atoms with van der Waals surface area (Å²) in [5.74, 6) is -0.716. The van der Waals surface area contributed by atoms with E-state index in [0.717, 1.165) is 19.3 Å². The SMILES string of the molecule is CC(C)NC(=O)C(c1cccc(O)c1)N(C(=O)C(CS)NC(=O)OC(C)(C)C)C1CCC1. The number of phenolic OH excluding ortho intramolecular Hbond substituents is 1. The number of aromatic hydroxyl groups is 1. The summed E-state index contributed by atoms with van der Waals surface area (Å²) in [6.45, 7) is 8.89. The van der Waals surface area contributed by atoms with E-state index in [1.807, 2.05) is 13.8 Å².